The molecule has 1 heterocycles. The van der Waals surface area contributed by atoms with Crippen LogP contribution in [0, 0.1) is 0 Å². The Morgan fingerprint density at radius 1 is 0.875 bits per heavy atom. The van der Waals surface area contributed by atoms with E-state index in [1.54, 1.807) is 0 Å². The molecule has 0 N–H and O–H groups in total. The van der Waals surface area contributed by atoms with Gasteiger partial charge in [-0.15, -0.1) is 0 Å². The van der Waals surface area contributed by atoms with Gasteiger partial charge in [0, 0.05) is 15.4 Å². The fourth-order valence-corrected chi connectivity index (χ4v) is 2.81. The lowest BCUT2D eigenvalue weighted by Gasteiger charge is -2.32. The lowest BCUT2D eigenvalue weighted by atomic mass is 9.73. The maximum absolute atomic E-state index is 5.88. The molecule has 0 amide bonds. The number of fused-ring (bicyclic) bond motifs is 2. The third kappa shape index (κ3) is 1.31. The molecule has 78 valence electrons. The first-order chi connectivity index (χ1) is 7.69. The number of hydrogen-bond acceptors (Lipinski definition) is 1. The van der Waals surface area contributed by atoms with Crippen molar-refractivity contribution in [3.63, 3.8) is 0 Å². The first-order valence-electron chi connectivity index (χ1n) is 5.25. The lowest BCUT2D eigenvalue weighted by Crippen LogP contribution is -2.24. The van der Waals surface area contributed by atoms with Crippen LogP contribution in [-0.2, 0) is 4.22 Å². The third-order valence-electron chi connectivity index (χ3n) is 3.01. The van der Waals surface area contributed by atoms with E-state index in [0.29, 0.717) is 0 Å². The Morgan fingerprint density at radius 3 is 1.81 bits per heavy atom. The van der Waals surface area contributed by atoms with E-state index in [1.807, 2.05) is 36.4 Å². The molecule has 3 rings (SSSR count). The van der Waals surface area contributed by atoms with Crippen molar-refractivity contribution in [2.45, 2.75) is 4.22 Å². The summed E-state index contributed by atoms with van der Waals surface area (Å²) in [7, 11) is 2.16. The molecule has 0 aromatic heterocycles. The SMILES string of the molecule is BC1(Br)c2ccccc2Oc2ccccc21. The zero-order valence-corrected chi connectivity index (χ0v) is 10.5. The summed E-state index contributed by atoms with van der Waals surface area (Å²) in [4.78, 5) is 0. The maximum Gasteiger partial charge on any atom is 0.135 e. The van der Waals surface area contributed by atoms with Crippen LogP contribution in [0.1, 0.15) is 11.1 Å². The van der Waals surface area contributed by atoms with Crippen LogP contribution in [0.15, 0.2) is 48.5 Å². The van der Waals surface area contributed by atoms with E-state index in [4.69, 9.17) is 4.74 Å². The summed E-state index contributed by atoms with van der Waals surface area (Å²) < 4.78 is 5.71. The van der Waals surface area contributed by atoms with Crippen molar-refractivity contribution >= 4 is 23.8 Å². The van der Waals surface area contributed by atoms with Crippen molar-refractivity contribution in [2.75, 3.05) is 0 Å². The molecule has 0 saturated heterocycles. The van der Waals surface area contributed by atoms with Crippen LogP contribution >= 0.6 is 15.9 Å². The highest BCUT2D eigenvalue weighted by molar-refractivity contribution is 9.10. The van der Waals surface area contributed by atoms with E-state index >= 15 is 0 Å². The number of rotatable bonds is 0. The van der Waals surface area contributed by atoms with Gasteiger partial charge in [-0.1, -0.05) is 52.3 Å². The fourth-order valence-electron chi connectivity index (χ4n) is 2.15. The predicted octanol–water partition coefficient (Wildman–Crippen LogP) is 3.02. The molecule has 0 spiro atoms. The summed E-state index contributed by atoms with van der Waals surface area (Å²) in [6.45, 7) is 0. The van der Waals surface area contributed by atoms with Gasteiger partial charge in [-0.3, -0.25) is 0 Å². The van der Waals surface area contributed by atoms with Crippen LogP contribution in [0.2, 0.25) is 0 Å². The summed E-state index contributed by atoms with van der Waals surface area (Å²) in [5.74, 6) is 1.86. The van der Waals surface area contributed by atoms with Crippen molar-refractivity contribution in [2.24, 2.45) is 0 Å². The minimum atomic E-state index is -0.168. The van der Waals surface area contributed by atoms with E-state index in [2.05, 4.69) is 35.9 Å². The summed E-state index contributed by atoms with van der Waals surface area (Å²) >= 11 is 3.81. The van der Waals surface area contributed by atoms with E-state index in [-0.39, 0.29) is 4.22 Å². The topological polar surface area (TPSA) is 9.23 Å². The van der Waals surface area contributed by atoms with Crippen LogP contribution < -0.4 is 4.74 Å². The molecule has 3 heteroatoms. The van der Waals surface area contributed by atoms with Gasteiger partial charge in [0.1, 0.15) is 19.3 Å². The summed E-state index contributed by atoms with van der Waals surface area (Å²) in [5, 5.41) is 0. The molecule has 0 aliphatic carbocycles. The van der Waals surface area contributed by atoms with Gasteiger partial charge in [0.15, 0.2) is 0 Å². The van der Waals surface area contributed by atoms with Crippen LogP contribution in [-0.4, -0.2) is 7.85 Å². The van der Waals surface area contributed by atoms with Crippen molar-refractivity contribution in [3.05, 3.63) is 59.7 Å². The van der Waals surface area contributed by atoms with E-state index in [0.717, 1.165) is 11.5 Å². The molecule has 16 heavy (non-hydrogen) atoms. The lowest BCUT2D eigenvalue weighted by molar-refractivity contribution is 0.455. The second kappa shape index (κ2) is 3.39. The quantitative estimate of drug-likeness (QED) is 0.529. The summed E-state index contributed by atoms with van der Waals surface area (Å²) in [5.41, 5.74) is 2.35. The van der Waals surface area contributed by atoms with Crippen molar-refractivity contribution < 1.29 is 4.74 Å². The summed E-state index contributed by atoms with van der Waals surface area (Å²) in [6.07, 6.45) is 0. The zero-order valence-electron chi connectivity index (χ0n) is 8.91. The van der Waals surface area contributed by atoms with Crippen LogP contribution in [0.3, 0.4) is 0 Å². The van der Waals surface area contributed by atoms with Gasteiger partial charge in [-0.2, -0.15) is 0 Å². The monoisotopic (exact) mass is 272 g/mol. The molecule has 1 aliphatic rings. The van der Waals surface area contributed by atoms with Gasteiger partial charge in [0.05, 0.1) is 0 Å². The molecular formula is C13H10BBrO. The van der Waals surface area contributed by atoms with Gasteiger partial charge in [0.25, 0.3) is 0 Å². The Kier molecular flexibility index (Phi) is 2.11. The first-order valence-corrected chi connectivity index (χ1v) is 6.04. The van der Waals surface area contributed by atoms with Gasteiger partial charge >= 0.3 is 0 Å². The Balaban J connectivity index is 2.28. The number of halogens is 1. The van der Waals surface area contributed by atoms with Gasteiger partial charge < -0.3 is 4.74 Å². The van der Waals surface area contributed by atoms with Crippen LogP contribution in [0.4, 0.5) is 0 Å². The second-order valence-electron chi connectivity index (χ2n) is 4.10. The highest BCUT2D eigenvalue weighted by Crippen LogP contribution is 2.49. The second-order valence-corrected chi connectivity index (χ2v) is 5.68. The molecule has 1 aliphatic heterocycles. The smallest absolute Gasteiger partial charge is 0.135 e. The average molecular weight is 273 g/mol. The van der Waals surface area contributed by atoms with Gasteiger partial charge in [-0.05, 0) is 12.1 Å². The molecule has 1 nitrogen and oxygen atoms in total. The number of ether oxygens (including phenoxy) is 1. The maximum atomic E-state index is 5.88. The van der Waals surface area contributed by atoms with Gasteiger partial charge in [0.2, 0.25) is 0 Å². The Labute approximate surface area is 104 Å². The van der Waals surface area contributed by atoms with Crippen LogP contribution in [0.5, 0.6) is 11.5 Å². The summed E-state index contributed by atoms with van der Waals surface area (Å²) in [6, 6.07) is 16.3. The van der Waals surface area contributed by atoms with Crippen molar-refractivity contribution in [3.8, 4) is 11.5 Å². The van der Waals surface area contributed by atoms with Crippen molar-refractivity contribution in [1.82, 2.24) is 0 Å². The largest absolute Gasteiger partial charge is 0.457 e. The highest BCUT2D eigenvalue weighted by atomic mass is 79.9. The minimum Gasteiger partial charge on any atom is -0.457 e. The Morgan fingerprint density at radius 2 is 1.31 bits per heavy atom. The standard InChI is InChI=1S/C13H10BBrO/c14-13(15)9-5-1-3-7-11(9)16-12-8-4-2-6-10(12)13/h1-8H,14H2. The molecule has 0 bridgehead atoms. The number of hydrogen-bond donors (Lipinski definition) is 0. The Bertz CT molecular complexity index is 504. The minimum absolute atomic E-state index is 0.168. The zero-order chi connectivity index (χ0) is 11.2. The molecule has 2 aromatic carbocycles. The van der Waals surface area contributed by atoms with E-state index in [9.17, 15) is 0 Å². The van der Waals surface area contributed by atoms with Gasteiger partial charge in [-0.25, -0.2) is 0 Å². The predicted molar refractivity (Wildman–Crippen MR) is 71.2 cm³/mol. The molecule has 0 unspecified atom stereocenters. The van der Waals surface area contributed by atoms with Crippen molar-refractivity contribution in [1.29, 1.82) is 0 Å². The van der Waals surface area contributed by atoms with E-state index < -0.39 is 0 Å². The number of benzene rings is 2. The number of alkyl halides is 1. The first kappa shape index (κ1) is 9.97. The third-order valence-corrected chi connectivity index (χ3v) is 3.86. The fraction of sp³-hybridized carbons (Fsp3) is 0.0769. The average Bonchev–Trinajstić information content (AvgIpc) is 2.29. The molecule has 0 saturated carbocycles. The highest BCUT2D eigenvalue weighted by Gasteiger charge is 2.34. The normalized spacial score (nSPS) is 15.8. The van der Waals surface area contributed by atoms with Crippen LogP contribution in [0.25, 0.3) is 0 Å². The molecular weight excluding hydrogens is 263 g/mol. The van der Waals surface area contributed by atoms with E-state index in [1.165, 1.54) is 11.1 Å². The Hall–Kier alpha value is -1.22. The molecule has 2 aromatic rings. The molecule has 0 fully saturated rings. The molecule has 0 radical (unpaired) electrons. The number of para-hydroxylation sites is 2. The molecule has 0 atom stereocenters.